The van der Waals surface area contributed by atoms with E-state index in [1.165, 1.54) is 6.92 Å². The minimum atomic E-state index is -1.05. The Balaban J connectivity index is 4.11. The van der Waals surface area contributed by atoms with Gasteiger partial charge in [-0.3, -0.25) is 14.5 Å². The lowest BCUT2D eigenvalue weighted by molar-refractivity contribution is -0.141. The topological polar surface area (TPSA) is 88.1 Å². The van der Waals surface area contributed by atoms with Crippen molar-refractivity contribution in [3.63, 3.8) is 0 Å². The lowest BCUT2D eigenvalue weighted by atomic mass is 10.3. The zero-order valence-electron chi connectivity index (χ0n) is 11.1. The minimum Gasteiger partial charge on any atom is -0.480 e. The van der Waals surface area contributed by atoms with Crippen molar-refractivity contribution in [2.75, 3.05) is 47.1 Å². The Morgan fingerprint density at radius 2 is 1.72 bits per heavy atom. The van der Waals surface area contributed by atoms with Gasteiger partial charge in [0.05, 0.1) is 19.8 Å². The molecule has 0 aromatic rings. The predicted molar refractivity (Wildman–Crippen MR) is 65.4 cm³/mol. The van der Waals surface area contributed by atoms with Gasteiger partial charge in [-0.2, -0.15) is 0 Å². The Labute approximate surface area is 107 Å². The van der Waals surface area contributed by atoms with E-state index in [-0.39, 0.29) is 12.5 Å². The monoisotopic (exact) mass is 262 g/mol. The molecule has 7 heteroatoms. The number of carbonyl (C=O) groups is 2. The van der Waals surface area contributed by atoms with Crippen LogP contribution in [0.4, 0.5) is 0 Å². The molecule has 0 aliphatic heterocycles. The first kappa shape index (κ1) is 16.8. The molecule has 0 aliphatic rings. The fourth-order valence-corrected chi connectivity index (χ4v) is 1.26. The van der Waals surface area contributed by atoms with Crippen molar-refractivity contribution >= 4 is 11.9 Å². The van der Waals surface area contributed by atoms with E-state index in [2.05, 4.69) is 5.32 Å². The molecule has 0 saturated carbocycles. The van der Waals surface area contributed by atoms with Crippen molar-refractivity contribution in [1.29, 1.82) is 0 Å². The first-order chi connectivity index (χ1) is 8.51. The highest BCUT2D eigenvalue weighted by molar-refractivity contribution is 5.84. The van der Waals surface area contributed by atoms with Gasteiger partial charge in [0.2, 0.25) is 5.91 Å². The maximum atomic E-state index is 11.6. The zero-order chi connectivity index (χ0) is 14.0. The number of carboxylic acid groups (broad SMARTS) is 1. The fourth-order valence-electron chi connectivity index (χ4n) is 1.26. The Kier molecular flexibility index (Phi) is 9.17. The number of carbonyl (C=O) groups excluding carboxylic acids is 1. The third-order valence-electron chi connectivity index (χ3n) is 2.34. The van der Waals surface area contributed by atoms with Crippen molar-refractivity contribution in [2.24, 2.45) is 0 Å². The largest absolute Gasteiger partial charge is 0.480 e. The smallest absolute Gasteiger partial charge is 0.325 e. The molecule has 0 rings (SSSR count). The van der Waals surface area contributed by atoms with E-state index in [1.807, 2.05) is 4.90 Å². The summed E-state index contributed by atoms with van der Waals surface area (Å²) in [5, 5.41) is 11.1. The van der Waals surface area contributed by atoms with E-state index < -0.39 is 12.0 Å². The number of amides is 1. The van der Waals surface area contributed by atoms with Crippen molar-refractivity contribution in [3.8, 4) is 0 Å². The molecule has 0 fully saturated rings. The third-order valence-corrected chi connectivity index (χ3v) is 2.34. The molecular formula is C11H22N2O5. The number of hydrogen-bond donors (Lipinski definition) is 2. The SMILES string of the molecule is COCCN(CCOC)CC(=O)NC(C)C(=O)O. The van der Waals surface area contributed by atoms with Gasteiger partial charge in [-0.25, -0.2) is 0 Å². The minimum absolute atomic E-state index is 0.129. The van der Waals surface area contributed by atoms with Crippen molar-refractivity contribution in [1.82, 2.24) is 10.2 Å². The summed E-state index contributed by atoms with van der Waals surface area (Å²) in [7, 11) is 3.17. The van der Waals surface area contributed by atoms with E-state index in [1.54, 1.807) is 14.2 Å². The number of ether oxygens (including phenoxy) is 2. The van der Waals surface area contributed by atoms with Crippen LogP contribution in [0.3, 0.4) is 0 Å². The van der Waals surface area contributed by atoms with E-state index >= 15 is 0 Å². The highest BCUT2D eigenvalue weighted by Crippen LogP contribution is 1.90. The quantitative estimate of drug-likeness (QED) is 0.534. The second kappa shape index (κ2) is 9.81. The van der Waals surface area contributed by atoms with Crippen LogP contribution in [-0.2, 0) is 19.1 Å². The lowest BCUT2D eigenvalue weighted by Gasteiger charge is -2.21. The van der Waals surface area contributed by atoms with Crippen LogP contribution in [0.25, 0.3) is 0 Å². The van der Waals surface area contributed by atoms with E-state index in [0.717, 1.165) is 0 Å². The van der Waals surface area contributed by atoms with E-state index in [0.29, 0.717) is 26.3 Å². The van der Waals surface area contributed by atoms with E-state index in [4.69, 9.17) is 14.6 Å². The summed E-state index contributed by atoms with van der Waals surface area (Å²) < 4.78 is 9.89. The van der Waals surface area contributed by atoms with Crippen LogP contribution in [0.1, 0.15) is 6.92 Å². The van der Waals surface area contributed by atoms with E-state index in [9.17, 15) is 9.59 Å². The summed E-state index contributed by atoms with van der Waals surface area (Å²) in [5.74, 6) is -1.37. The molecule has 0 aromatic carbocycles. The van der Waals surface area contributed by atoms with Crippen LogP contribution in [0.15, 0.2) is 0 Å². The van der Waals surface area contributed by atoms with Crippen LogP contribution in [-0.4, -0.2) is 75.0 Å². The molecule has 18 heavy (non-hydrogen) atoms. The van der Waals surface area contributed by atoms with Gasteiger partial charge in [-0.05, 0) is 6.92 Å². The first-order valence-electron chi connectivity index (χ1n) is 5.73. The van der Waals surface area contributed by atoms with Crippen molar-refractivity contribution in [3.05, 3.63) is 0 Å². The standard InChI is InChI=1S/C11H22N2O5/c1-9(11(15)16)12-10(14)8-13(4-6-17-2)5-7-18-3/h9H,4-8H2,1-3H3,(H,12,14)(H,15,16). The average Bonchev–Trinajstić information content (AvgIpc) is 2.32. The fraction of sp³-hybridized carbons (Fsp3) is 0.818. The molecule has 0 saturated heterocycles. The maximum Gasteiger partial charge on any atom is 0.325 e. The molecule has 7 nitrogen and oxygen atoms in total. The van der Waals surface area contributed by atoms with Crippen LogP contribution in [0.2, 0.25) is 0 Å². The Bertz CT molecular complexity index is 252. The molecular weight excluding hydrogens is 240 g/mol. The molecule has 1 unspecified atom stereocenters. The van der Waals surface area contributed by atoms with Crippen LogP contribution in [0, 0.1) is 0 Å². The number of nitrogens with zero attached hydrogens (tertiary/aromatic N) is 1. The number of carboxylic acids is 1. The van der Waals surface area contributed by atoms with Gasteiger partial charge in [0.1, 0.15) is 6.04 Å². The summed E-state index contributed by atoms with van der Waals surface area (Å²) in [6.07, 6.45) is 0. The van der Waals surface area contributed by atoms with Gasteiger partial charge in [-0.1, -0.05) is 0 Å². The molecule has 0 spiro atoms. The van der Waals surface area contributed by atoms with Crippen molar-refractivity contribution < 1.29 is 24.2 Å². The molecule has 0 radical (unpaired) electrons. The number of methoxy groups -OCH3 is 2. The molecule has 0 bridgehead atoms. The highest BCUT2D eigenvalue weighted by Gasteiger charge is 2.16. The van der Waals surface area contributed by atoms with Gasteiger partial charge in [0.25, 0.3) is 0 Å². The Morgan fingerprint density at radius 3 is 2.11 bits per heavy atom. The predicted octanol–water partition coefficient (Wildman–Crippen LogP) is -0.829. The molecule has 1 atom stereocenters. The van der Waals surface area contributed by atoms with Gasteiger partial charge in [0.15, 0.2) is 0 Å². The molecule has 106 valence electrons. The molecule has 1 amide bonds. The van der Waals surface area contributed by atoms with Gasteiger partial charge < -0.3 is 19.9 Å². The molecule has 0 aromatic heterocycles. The summed E-state index contributed by atoms with van der Waals surface area (Å²) in [4.78, 5) is 24.0. The first-order valence-corrected chi connectivity index (χ1v) is 5.73. The highest BCUT2D eigenvalue weighted by atomic mass is 16.5. The average molecular weight is 262 g/mol. The number of aliphatic carboxylic acids is 1. The third kappa shape index (κ3) is 7.99. The Hall–Kier alpha value is -1.18. The lowest BCUT2D eigenvalue weighted by Crippen LogP contribution is -2.45. The van der Waals surface area contributed by atoms with Gasteiger partial charge >= 0.3 is 5.97 Å². The van der Waals surface area contributed by atoms with Crippen LogP contribution in [0.5, 0.6) is 0 Å². The molecule has 0 aliphatic carbocycles. The number of rotatable bonds is 10. The number of hydrogen-bond acceptors (Lipinski definition) is 5. The van der Waals surface area contributed by atoms with Gasteiger partial charge in [-0.15, -0.1) is 0 Å². The summed E-state index contributed by atoms with van der Waals surface area (Å²) in [6.45, 7) is 3.75. The van der Waals surface area contributed by atoms with Crippen LogP contribution < -0.4 is 5.32 Å². The second-order valence-electron chi connectivity index (χ2n) is 3.89. The Morgan fingerprint density at radius 1 is 1.22 bits per heavy atom. The maximum absolute atomic E-state index is 11.6. The summed E-state index contributed by atoms with van der Waals surface area (Å²) in [5.41, 5.74) is 0. The molecule has 2 N–H and O–H groups in total. The van der Waals surface area contributed by atoms with Gasteiger partial charge in [0, 0.05) is 27.3 Å². The summed E-state index contributed by atoms with van der Waals surface area (Å²) >= 11 is 0. The zero-order valence-corrected chi connectivity index (χ0v) is 11.1. The molecule has 0 heterocycles. The summed E-state index contributed by atoms with van der Waals surface area (Å²) in [6, 6.07) is -0.885. The second-order valence-corrected chi connectivity index (χ2v) is 3.89. The number of nitrogens with one attached hydrogen (secondary N) is 1. The van der Waals surface area contributed by atoms with Crippen LogP contribution >= 0.6 is 0 Å². The normalized spacial score (nSPS) is 12.4. The van der Waals surface area contributed by atoms with Crippen molar-refractivity contribution in [2.45, 2.75) is 13.0 Å².